The molecule has 3 rings (SSSR count). The van der Waals surface area contributed by atoms with Crippen LogP contribution in [-0.2, 0) is 0 Å². The number of ether oxygens (including phenoxy) is 1. The van der Waals surface area contributed by atoms with E-state index in [-0.39, 0.29) is 5.91 Å². The standard InChI is InChI=1S/C22H19N3O3/c1-28-18-11-7-8-16(14-18)15-23-25-22(27)19-12-5-6-13-20(19)24-21(26)17-9-3-2-4-10-17/h2-15H,1H3,(H,24,26)(H,25,27)/b23-15-. The van der Waals surface area contributed by atoms with E-state index in [0.717, 1.165) is 5.56 Å². The summed E-state index contributed by atoms with van der Waals surface area (Å²) in [5, 5.41) is 6.74. The average molecular weight is 373 g/mol. The molecule has 0 aliphatic heterocycles. The molecule has 0 radical (unpaired) electrons. The van der Waals surface area contributed by atoms with Gasteiger partial charge in [0, 0.05) is 5.56 Å². The van der Waals surface area contributed by atoms with Gasteiger partial charge >= 0.3 is 0 Å². The molecule has 3 aromatic rings. The summed E-state index contributed by atoms with van der Waals surface area (Å²) in [5.41, 5.74) is 4.49. The average Bonchev–Trinajstić information content (AvgIpc) is 2.75. The molecule has 0 aromatic heterocycles. The normalized spacial score (nSPS) is 10.5. The van der Waals surface area contributed by atoms with Gasteiger partial charge in [-0.1, -0.05) is 42.5 Å². The molecule has 140 valence electrons. The zero-order valence-electron chi connectivity index (χ0n) is 15.3. The predicted molar refractivity (Wildman–Crippen MR) is 109 cm³/mol. The lowest BCUT2D eigenvalue weighted by atomic mass is 10.1. The number of carbonyl (C=O) groups is 2. The minimum atomic E-state index is -0.428. The molecule has 6 nitrogen and oxygen atoms in total. The second kappa shape index (κ2) is 9.14. The molecule has 28 heavy (non-hydrogen) atoms. The molecule has 0 saturated carbocycles. The molecule has 0 unspecified atom stereocenters. The van der Waals surface area contributed by atoms with Gasteiger partial charge < -0.3 is 10.1 Å². The van der Waals surface area contributed by atoms with Gasteiger partial charge in [0.15, 0.2) is 0 Å². The van der Waals surface area contributed by atoms with Gasteiger partial charge in [0.2, 0.25) is 0 Å². The van der Waals surface area contributed by atoms with Crippen LogP contribution in [0.3, 0.4) is 0 Å². The number of benzene rings is 3. The van der Waals surface area contributed by atoms with Crippen LogP contribution in [0.5, 0.6) is 5.75 Å². The molecule has 2 N–H and O–H groups in total. The van der Waals surface area contributed by atoms with E-state index in [9.17, 15) is 9.59 Å². The van der Waals surface area contributed by atoms with Gasteiger partial charge in [-0.2, -0.15) is 5.10 Å². The van der Waals surface area contributed by atoms with E-state index in [1.54, 1.807) is 61.7 Å². The molecular weight excluding hydrogens is 354 g/mol. The summed E-state index contributed by atoms with van der Waals surface area (Å²) in [4.78, 5) is 24.9. The minimum absolute atomic E-state index is 0.291. The third-order valence-corrected chi connectivity index (χ3v) is 3.93. The van der Waals surface area contributed by atoms with Crippen LogP contribution >= 0.6 is 0 Å². The fourth-order valence-corrected chi connectivity index (χ4v) is 2.52. The van der Waals surface area contributed by atoms with Crippen molar-refractivity contribution >= 4 is 23.7 Å². The Morgan fingerprint density at radius 3 is 2.43 bits per heavy atom. The van der Waals surface area contributed by atoms with Gasteiger partial charge in [0.05, 0.1) is 24.6 Å². The van der Waals surface area contributed by atoms with Crippen molar-refractivity contribution in [1.82, 2.24) is 5.43 Å². The van der Waals surface area contributed by atoms with E-state index >= 15 is 0 Å². The molecule has 0 bridgehead atoms. The molecule has 0 saturated heterocycles. The molecule has 0 aliphatic carbocycles. The molecule has 0 atom stereocenters. The number of rotatable bonds is 6. The first-order valence-corrected chi connectivity index (χ1v) is 8.60. The van der Waals surface area contributed by atoms with Crippen molar-refractivity contribution in [3.63, 3.8) is 0 Å². The minimum Gasteiger partial charge on any atom is -0.497 e. The lowest BCUT2D eigenvalue weighted by molar-refractivity contribution is 0.0956. The second-order valence-corrected chi connectivity index (χ2v) is 5.84. The number of carbonyl (C=O) groups excluding carboxylic acids is 2. The van der Waals surface area contributed by atoms with Gasteiger partial charge in [0.25, 0.3) is 11.8 Å². The predicted octanol–water partition coefficient (Wildman–Crippen LogP) is 3.71. The van der Waals surface area contributed by atoms with Crippen LogP contribution in [0.4, 0.5) is 5.69 Å². The van der Waals surface area contributed by atoms with Crippen molar-refractivity contribution in [2.24, 2.45) is 5.10 Å². The van der Waals surface area contributed by atoms with Crippen molar-refractivity contribution in [3.8, 4) is 5.75 Å². The Kier molecular flexibility index (Phi) is 6.15. The van der Waals surface area contributed by atoms with E-state index in [0.29, 0.717) is 22.6 Å². The summed E-state index contributed by atoms with van der Waals surface area (Å²) in [5.74, 6) is -0.0203. The number of hydrazone groups is 1. The maximum Gasteiger partial charge on any atom is 0.273 e. The van der Waals surface area contributed by atoms with E-state index in [1.807, 2.05) is 24.3 Å². The number of hydrogen-bond acceptors (Lipinski definition) is 4. The van der Waals surface area contributed by atoms with E-state index < -0.39 is 5.91 Å². The summed E-state index contributed by atoms with van der Waals surface area (Å²) in [7, 11) is 1.58. The summed E-state index contributed by atoms with van der Waals surface area (Å²) < 4.78 is 5.15. The monoisotopic (exact) mass is 373 g/mol. The topological polar surface area (TPSA) is 79.8 Å². The quantitative estimate of drug-likeness (QED) is 0.511. The van der Waals surface area contributed by atoms with Crippen molar-refractivity contribution in [2.45, 2.75) is 0 Å². The number of methoxy groups -OCH3 is 1. The van der Waals surface area contributed by atoms with Gasteiger partial charge in [-0.05, 0) is 42.0 Å². The van der Waals surface area contributed by atoms with Crippen LogP contribution in [0.15, 0.2) is 84.0 Å². The Bertz CT molecular complexity index is 1000. The van der Waals surface area contributed by atoms with Crippen LogP contribution in [-0.4, -0.2) is 25.1 Å². The Labute approximate surface area is 162 Å². The number of hydrogen-bond donors (Lipinski definition) is 2. The lowest BCUT2D eigenvalue weighted by Crippen LogP contribution is -2.21. The van der Waals surface area contributed by atoms with Crippen molar-refractivity contribution in [1.29, 1.82) is 0 Å². The van der Waals surface area contributed by atoms with E-state index in [1.165, 1.54) is 6.21 Å². The van der Waals surface area contributed by atoms with Gasteiger partial charge in [-0.3, -0.25) is 9.59 Å². The summed E-state index contributed by atoms with van der Waals surface area (Å²) in [6.07, 6.45) is 1.52. The van der Waals surface area contributed by atoms with Crippen LogP contribution in [0.25, 0.3) is 0 Å². The molecule has 0 aliphatic rings. The Balaban J connectivity index is 1.70. The first-order chi connectivity index (χ1) is 13.7. The van der Waals surface area contributed by atoms with Gasteiger partial charge in [-0.25, -0.2) is 5.43 Å². The zero-order valence-corrected chi connectivity index (χ0v) is 15.3. The first-order valence-electron chi connectivity index (χ1n) is 8.60. The maximum atomic E-state index is 12.5. The second-order valence-electron chi connectivity index (χ2n) is 5.84. The molecule has 0 fully saturated rings. The highest BCUT2D eigenvalue weighted by Gasteiger charge is 2.13. The first kappa shape index (κ1) is 18.8. The Morgan fingerprint density at radius 1 is 0.893 bits per heavy atom. The van der Waals surface area contributed by atoms with Crippen LogP contribution in [0.1, 0.15) is 26.3 Å². The Morgan fingerprint density at radius 2 is 1.64 bits per heavy atom. The molecule has 2 amide bonds. The molecule has 3 aromatic carbocycles. The van der Waals surface area contributed by atoms with Crippen molar-refractivity contribution in [2.75, 3.05) is 12.4 Å². The molecule has 0 spiro atoms. The van der Waals surface area contributed by atoms with Gasteiger partial charge in [0.1, 0.15) is 5.75 Å². The SMILES string of the molecule is COc1cccc(/C=N\NC(=O)c2ccccc2NC(=O)c2ccccc2)c1. The highest BCUT2D eigenvalue weighted by atomic mass is 16.5. The number of nitrogens with zero attached hydrogens (tertiary/aromatic N) is 1. The van der Waals surface area contributed by atoms with Crippen molar-refractivity contribution < 1.29 is 14.3 Å². The van der Waals surface area contributed by atoms with Gasteiger partial charge in [-0.15, -0.1) is 0 Å². The lowest BCUT2D eigenvalue weighted by Gasteiger charge is -2.10. The van der Waals surface area contributed by atoms with Crippen LogP contribution in [0, 0.1) is 0 Å². The summed E-state index contributed by atoms with van der Waals surface area (Å²) in [6.45, 7) is 0. The number of nitrogens with one attached hydrogen (secondary N) is 2. The zero-order chi connectivity index (χ0) is 19.8. The molecule has 0 heterocycles. The molecular formula is C22H19N3O3. The largest absolute Gasteiger partial charge is 0.497 e. The highest BCUT2D eigenvalue weighted by molar-refractivity contribution is 6.09. The number of amides is 2. The fourth-order valence-electron chi connectivity index (χ4n) is 2.52. The van der Waals surface area contributed by atoms with Crippen LogP contribution in [0.2, 0.25) is 0 Å². The Hall–Kier alpha value is -3.93. The van der Waals surface area contributed by atoms with E-state index in [4.69, 9.17) is 4.74 Å². The van der Waals surface area contributed by atoms with E-state index in [2.05, 4.69) is 15.8 Å². The summed E-state index contributed by atoms with van der Waals surface area (Å²) >= 11 is 0. The fraction of sp³-hybridized carbons (Fsp3) is 0.0455. The third kappa shape index (κ3) is 4.82. The number of para-hydroxylation sites is 1. The van der Waals surface area contributed by atoms with Crippen LogP contribution < -0.4 is 15.5 Å². The molecule has 6 heteroatoms. The van der Waals surface area contributed by atoms with Crippen molar-refractivity contribution in [3.05, 3.63) is 95.6 Å². The number of anilines is 1. The maximum absolute atomic E-state index is 12.5. The third-order valence-electron chi connectivity index (χ3n) is 3.93. The highest BCUT2D eigenvalue weighted by Crippen LogP contribution is 2.16. The smallest absolute Gasteiger partial charge is 0.273 e. The summed E-state index contributed by atoms with van der Waals surface area (Å²) in [6, 6.07) is 22.8.